The zero-order chi connectivity index (χ0) is 21.3. The van der Waals surface area contributed by atoms with Gasteiger partial charge in [-0.15, -0.1) is 0 Å². The molecule has 152 valence electrons. The van der Waals surface area contributed by atoms with E-state index in [1.54, 1.807) is 12.1 Å². The van der Waals surface area contributed by atoms with Crippen LogP contribution in [-0.4, -0.2) is 15.5 Å². The Morgan fingerprint density at radius 2 is 1.63 bits per heavy atom. The van der Waals surface area contributed by atoms with Crippen LogP contribution in [0.3, 0.4) is 0 Å². The van der Waals surface area contributed by atoms with E-state index >= 15 is 0 Å². The number of hydrogen-bond donors (Lipinski definition) is 1. The number of carbonyl (C=O) groups is 1. The van der Waals surface area contributed by atoms with E-state index in [9.17, 15) is 9.18 Å². The number of benzene rings is 3. The number of imidazole rings is 1. The molecule has 3 aromatic carbocycles. The van der Waals surface area contributed by atoms with Crippen LogP contribution in [0, 0.1) is 5.82 Å². The van der Waals surface area contributed by atoms with Gasteiger partial charge in [-0.25, -0.2) is 9.37 Å². The molecule has 1 N–H and O–H groups in total. The average Bonchev–Trinajstić information content (AvgIpc) is 3.08. The van der Waals surface area contributed by atoms with Crippen LogP contribution in [0.4, 0.5) is 10.1 Å². The zero-order valence-electron chi connectivity index (χ0n) is 17.3. The lowest BCUT2D eigenvalue weighted by Crippen LogP contribution is -2.19. The molecule has 0 saturated carbocycles. The van der Waals surface area contributed by atoms with Crippen molar-refractivity contribution >= 4 is 22.6 Å². The van der Waals surface area contributed by atoms with Crippen LogP contribution in [0.25, 0.3) is 22.4 Å². The first kappa shape index (κ1) is 19.8. The van der Waals surface area contributed by atoms with Gasteiger partial charge >= 0.3 is 0 Å². The molecule has 0 radical (unpaired) electrons. The fraction of sp³-hybridized carbons (Fsp3) is 0.200. The average molecular weight is 401 g/mol. The predicted molar refractivity (Wildman–Crippen MR) is 119 cm³/mol. The largest absolute Gasteiger partial charge is 0.325 e. The Morgan fingerprint density at radius 3 is 2.30 bits per heavy atom. The van der Waals surface area contributed by atoms with Gasteiger partial charge in [-0.1, -0.05) is 57.2 Å². The van der Waals surface area contributed by atoms with Crippen molar-refractivity contribution in [3.8, 4) is 11.4 Å². The highest BCUT2D eigenvalue weighted by Gasteiger charge is 2.17. The van der Waals surface area contributed by atoms with Crippen LogP contribution in [0.1, 0.15) is 26.3 Å². The Hall–Kier alpha value is -3.47. The van der Waals surface area contributed by atoms with Crippen molar-refractivity contribution in [2.45, 2.75) is 32.7 Å². The molecule has 0 atom stereocenters. The molecule has 0 unspecified atom stereocenters. The molecule has 4 rings (SSSR count). The third-order valence-electron chi connectivity index (χ3n) is 5.09. The summed E-state index contributed by atoms with van der Waals surface area (Å²) in [6.07, 6.45) is 0. The van der Waals surface area contributed by atoms with Crippen molar-refractivity contribution in [2.75, 3.05) is 5.32 Å². The molecule has 0 spiro atoms. The third kappa shape index (κ3) is 4.10. The van der Waals surface area contributed by atoms with Gasteiger partial charge in [-0.3, -0.25) is 4.79 Å². The number of anilines is 1. The fourth-order valence-corrected chi connectivity index (χ4v) is 3.45. The zero-order valence-corrected chi connectivity index (χ0v) is 17.3. The van der Waals surface area contributed by atoms with Gasteiger partial charge in [0.2, 0.25) is 5.91 Å². The second kappa shape index (κ2) is 7.75. The van der Waals surface area contributed by atoms with E-state index in [-0.39, 0.29) is 23.7 Å². The maximum atomic E-state index is 13.1. The molecule has 1 aromatic heterocycles. The number of rotatable bonds is 4. The summed E-state index contributed by atoms with van der Waals surface area (Å²) in [6.45, 7) is 6.64. The number of amides is 1. The fourth-order valence-electron chi connectivity index (χ4n) is 3.45. The van der Waals surface area contributed by atoms with E-state index in [1.807, 2.05) is 28.8 Å². The molecule has 4 aromatic rings. The summed E-state index contributed by atoms with van der Waals surface area (Å²) in [5.74, 6) is 0.206. The summed E-state index contributed by atoms with van der Waals surface area (Å²) in [5, 5.41) is 2.83. The van der Waals surface area contributed by atoms with Crippen molar-refractivity contribution in [3.63, 3.8) is 0 Å². The first-order valence-electron chi connectivity index (χ1n) is 9.93. The first-order chi connectivity index (χ1) is 14.3. The lowest BCUT2D eigenvalue weighted by molar-refractivity contribution is -0.116. The lowest BCUT2D eigenvalue weighted by atomic mass is 9.87. The summed E-state index contributed by atoms with van der Waals surface area (Å²) in [7, 11) is 0. The summed E-state index contributed by atoms with van der Waals surface area (Å²) in [5.41, 5.74) is 4.54. The highest BCUT2D eigenvalue weighted by molar-refractivity contribution is 5.92. The number of hydrogen-bond acceptors (Lipinski definition) is 2. The molecule has 5 heteroatoms. The molecule has 0 bridgehead atoms. The number of nitrogens with zero attached hydrogens (tertiary/aromatic N) is 2. The molecule has 0 fully saturated rings. The van der Waals surface area contributed by atoms with Gasteiger partial charge in [-0.2, -0.15) is 0 Å². The lowest BCUT2D eigenvalue weighted by Gasteiger charge is -2.19. The van der Waals surface area contributed by atoms with E-state index < -0.39 is 0 Å². The standard InChI is InChI=1S/C25H24FN3O/c1-25(2,3)18-10-8-17(9-11-18)24-28-21-6-4-5-7-22(21)29(24)16-23(30)27-20-14-12-19(26)13-15-20/h4-15H,16H2,1-3H3,(H,27,30). The smallest absolute Gasteiger partial charge is 0.244 e. The van der Waals surface area contributed by atoms with Gasteiger partial charge < -0.3 is 9.88 Å². The molecular weight excluding hydrogens is 377 g/mol. The monoisotopic (exact) mass is 401 g/mol. The molecule has 0 aliphatic rings. The number of fused-ring (bicyclic) bond motifs is 1. The Kier molecular flexibility index (Phi) is 5.12. The summed E-state index contributed by atoms with van der Waals surface area (Å²) in [4.78, 5) is 17.5. The van der Waals surface area contributed by atoms with Gasteiger partial charge in [0.05, 0.1) is 11.0 Å². The van der Waals surface area contributed by atoms with Crippen LogP contribution < -0.4 is 5.32 Å². The molecular formula is C25H24FN3O. The topological polar surface area (TPSA) is 46.9 Å². The van der Waals surface area contributed by atoms with E-state index in [0.29, 0.717) is 5.69 Å². The molecule has 4 nitrogen and oxygen atoms in total. The van der Waals surface area contributed by atoms with Crippen LogP contribution >= 0.6 is 0 Å². The highest BCUT2D eigenvalue weighted by Crippen LogP contribution is 2.28. The van der Waals surface area contributed by atoms with Gasteiger partial charge in [0, 0.05) is 11.3 Å². The Bertz CT molecular complexity index is 1190. The molecule has 30 heavy (non-hydrogen) atoms. The Morgan fingerprint density at radius 1 is 0.967 bits per heavy atom. The molecule has 0 aliphatic heterocycles. The number of para-hydroxylation sites is 2. The van der Waals surface area contributed by atoms with Gasteiger partial charge in [-0.05, 0) is 47.4 Å². The van der Waals surface area contributed by atoms with Crippen LogP contribution in [0.5, 0.6) is 0 Å². The number of carbonyl (C=O) groups excluding carboxylic acids is 1. The second-order valence-electron chi connectivity index (χ2n) is 8.39. The molecule has 1 amide bonds. The van der Waals surface area contributed by atoms with Gasteiger partial charge in [0.1, 0.15) is 18.2 Å². The van der Waals surface area contributed by atoms with Crippen molar-refractivity contribution < 1.29 is 9.18 Å². The quantitative estimate of drug-likeness (QED) is 0.471. The van der Waals surface area contributed by atoms with Crippen molar-refractivity contribution in [2.24, 2.45) is 0 Å². The molecule has 0 saturated heterocycles. The van der Waals surface area contributed by atoms with Gasteiger partial charge in [0.15, 0.2) is 0 Å². The summed E-state index contributed by atoms with van der Waals surface area (Å²) in [6, 6.07) is 21.8. The Balaban J connectivity index is 1.68. The second-order valence-corrected chi connectivity index (χ2v) is 8.39. The maximum absolute atomic E-state index is 13.1. The molecule has 0 aliphatic carbocycles. The van der Waals surface area contributed by atoms with Crippen LogP contribution in [0.2, 0.25) is 0 Å². The molecule has 1 heterocycles. The minimum absolute atomic E-state index is 0.0632. The van der Waals surface area contributed by atoms with Crippen molar-refractivity contribution in [1.82, 2.24) is 9.55 Å². The van der Waals surface area contributed by atoms with Gasteiger partial charge in [0.25, 0.3) is 0 Å². The highest BCUT2D eigenvalue weighted by atomic mass is 19.1. The normalized spacial score (nSPS) is 11.6. The first-order valence-corrected chi connectivity index (χ1v) is 9.93. The van der Waals surface area contributed by atoms with E-state index in [2.05, 4.69) is 50.4 Å². The summed E-state index contributed by atoms with van der Waals surface area (Å²) >= 11 is 0. The maximum Gasteiger partial charge on any atom is 0.244 e. The summed E-state index contributed by atoms with van der Waals surface area (Å²) < 4.78 is 15.0. The number of nitrogens with one attached hydrogen (secondary N) is 1. The minimum Gasteiger partial charge on any atom is -0.325 e. The Labute approximate surface area is 175 Å². The van der Waals surface area contributed by atoms with Crippen molar-refractivity contribution in [3.05, 3.63) is 84.2 Å². The predicted octanol–water partition coefficient (Wildman–Crippen LogP) is 5.78. The third-order valence-corrected chi connectivity index (χ3v) is 5.09. The van der Waals surface area contributed by atoms with Crippen LogP contribution in [-0.2, 0) is 16.8 Å². The van der Waals surface area contributed by atoms with E-state index in [0.717, 1.165) is 22.4 Å². The number of aromatic nitrogens is 2. The minimum atomic E-state index is -0.338. The van der Waals surface area contributed by atoms with E-state index in [4.69, 9.17) is 4.98 Å². The van der Waals surface area contributed by atoms with Crippen molar-refractivity contribution in [1.29, 1.82) is 0 Å². The SMILES string of the molecule is CC(C)(C)c1ccc(-c2nc3ccccc3n2CC(=O)Nc2ccc(F)cc2)cc1. The number of halogens is 1. The van der Waals surface area contributed by atoms with Crippen LogP contribution in [0.15, 0.2) is 72.8 Å². The van der Waals surface area contributed by atoms with E-state index in [1.165, 1.54) is 17.7 Å².